The van der Waals surface area contributed by atoms with Gasteiger partial charge in [0, 0.05) is 7.11 Å². The summed E-state index contributed by atoms with van der Waals surface area (Å²) in [7, 11) is 1.52. The van der Waals surface area contributed by atoms with E-state index in [-0.39, 0.29) is 13.2 Å². The predicted octanol–water partition coefficient (Wildman–Crippen LogP) is -4.82. The van der Waals surface area contributed by atoms with Crippen molar-refractivity contribution in [1.82, 2.24) is 16.0 Å². The Morgan fingerprint density at radius 2 is 1.20 bits per heavy atom. The molecule has 0 aromatic heterocycles. The topological polar surface area (TPSA) is 213 Å². The first kappa shape index (κ1) is 27.6. The minimum Gasteiger partial charge on any atom is -0.480 e. The number of ether oxygens (including phenoxy) is 3. The van der Waals surface area contributed by atoms with E-state index < -0.39 is 68.2 Å². The summed E-state index contributed by atoms with van der Waals surface area (Å²) in [5, 5.41) is 42.4. The Labute approximate surface area is 172 Å². The number of methoxy groups -OCH3 is 1. The number of aliphatic hydroxyl groups is 3. The Bertz CT molecular complexity index is 547. The lowest BCUT2D eigenvalue weighted by molar-refractivity contribution is -0.143. The number of aliphatic carboxylic acids is 1. The number of carbonyl (C=O) groups is 4. The van der Waals surface area contributed by atoms with E-state index in [1.54, 1.807) is 0 Å². The standard InChI is InChI=1S/C16H29N3O11/c1-28-2-3-29-4-5-30-9-13(23)17-10(6-20)14(24)18-11(7-21)15(25)19-12(8-22)16(26)27/h10-12,20-22H,2-9H2,1H3,(H,17,23)(H,18,24)(H,19,25)(H,26,27)/t10-,11-,12-/m0/s1. The van der Waals surface area contributed by atoms with Crippen LogP contribution in [0.15, 0.2) is 0 Å². The van der Waals surface area contributed by atoms with Gasteiger partial charge in [0.15, 0.2) is 0 Å². The van der Waals surface area contributed by atoms with E-state index in [1.165, 1.54) is 7.11 Å². The van der Waals surface area contributed by atoms with E-state index in [4.69, 9.17) is 24.4 Å². The van der Waals surface area contributed by atoms with Crippen molar-refractivity contribution in [3.8, 4) is 0 Å². The van der Waals surface area contributed by atoms with Gasteiger partial charge in [0.1, 0.15) is 24.7 Å². The molecule has 3 atom stereocenters. The number of carboxylic acids is 1. The molecule has 7 N–H and O–H groups in total. The Hall–Kier alpha value is -2.36. The predicted molar refractivity (Wildman–Crippen MR) is 98.2 cm³/mol. The van der Waals surface area contributed by atoms with Crippen LogP contribution < -0.4 is 16.0 Å². The molecule has 14 heteroatoms. The lowest BCUT2D eigenvalue weighted by Crippen LogP contribution is -2.58. The molecule has 0 heterocycles. The van der Waals surface area contributed by atoms with Crippen molar-refractivity contribution in [3.63, 3.8) is 0 Å². The maximum absolute atomic E-state index is 12.1. The van der Waals surface area contributed by atoms with Gasteiger partial charge in [0.2, 0.25) is 17.7 Å². The van der Waals surface area contributed by atoms with E-state index in [1.807, 2.05) is 5.32 Å². The molecular formula is C16H29N3O11. The lowest BCUT2D eigenvalue weighted by atomic mass is 10.2. The van der Waals surface area contributed by atoms with Gasteiger partial charge in [0.25, 0.3) is 0 Å². The van der Waals surface area contributed by atoms with E-state index in [2.05, 4.69) is 10.6 Å². The molecule has 0 saturated carbocycles. The fourth-order valence-corrected chi connectivity index (χ4v) is 1.88. The number of rotatable bonds is 17. The highest BCUT2D eigenvalue weighted by Crippen LogP contribution is 1.92. The molecule has 0 saturated heterocycles. The summed E-state index contributed by atoms with van der Waals surface area (Å²) >= 11 is 0. The monoisotopic (exact) mass is 439 g/mol. The second-order valence-corrected chi connectivity index (χ2v) is 5.79. The highest BCUT2D eigenvalue weighted by molar-refractivity contribution is 5.93. The molecule has 14 nitrogen and oxygen atoms in total. The Kier molecular flexibility index (Phi) is 15.1. The van der Waals surface area contributed by atoms with Crippen LogP contribution in [0, 0.1) is 0 Å². The van der Waals surface area contributed by atoms with Gasteiger partial charge in [-0.3, -0.25) is 14.4 Å². The zero-order valence-corrected chi connectivity index (χ0v) is 16.5. The summed E-state index contributed by atoms with van der Waals surface area (Å²) in [5.41, 5.74) is 0. The molecule has 30 heavy (non-hydrogen) atoms. The highest BCUT2D eigenvalue weighted by atomic mass is 16.5. The summed E-state index contributed by atoms with van der Waals surface area (Å²) in [6, 6.07) is -4.65. The van der Waals surface area contributed by atoms with E-state index in [0.717, 1.165) is 0 Å². The van der Waals surface area contributed by atoms with Crippen molar-refractivity contribution in [2.45, 2.75) is 18.1 Å². The third-order valence-electron chi connectivity index (χ3n) is 3.48. The molecule has 0 fully saturated rings. The zero-order chi connectivity index (χ0) is 22.9. The first-order chi connectivity index (χ1) is 14.3. The largest absolute Gasteiger partial charge is 0.480 e. The van der Waals surface area contributed by atoms with Gasteiger partial charge in [-0.1, -0.05) is 0 Å². The molecule has 0 rings (SSSR count). The summed E-state index contributed by atoms with van der Waals surface area (Å²) in [4.78, 5) is 46.7. The first-order valence-electron chi connectivity index (χ1n) is 8.90. The minimum atomic E-state index is -1.63. The molecule has 174 valence electrons. The normalized spacial score (nSPS) is 13.7. The number of hydrogen-bond donors (Lipinski definition) is 7. The summed E-state index contributed by atoms with van der Waals surface area (Å²) in [6.45, 7) is -1.92. The summed E-state index contributed by atoms with van der Waals surface area (Å²) in [6.07, 6.45) is 0. The van der Waals surface area contributed by atoms with Gasteiger partial charge in [-0.2, -0.15) is 0 Å². The van der Waals surface area contributed by atoms with Gasteiger partial charge < -0.3 is 50.6 Å². The number of nitrogens with one attached hydrogen (secondary N) is 3. The third-order valence-corrected chi connectivity index (χ3v) is 3.48. The van der Waals surface area contributed by atoms with E-state index >= 15 is 0 Å². The lowest BCUT2D eigenvalue weighted by Gasteiger charge is -2.22. The van der Waals surface area contributed by atoms with Crippen LogP contribution in [0.2, 0.25) is 0 Å². The molecule has 0 radical (unpaired) electrons. The average Bonchev–Trinajstić information content (AvgIpc) is 2.72. The second kappa shape index (κ2) is 16.4. The molecule has 0 bridgehead atoms. The molecule has 0 aliphatic heterocycles. The number of hydrogen-bond acceptors (Lipinski definition) is 10. The Morgan fingerprint density at radius 3 is 1.70 bits per heavy atom. The zero-order valence-electron chi connectivity index (χ0n) is 16.5. The molecule has 0 aliphatic rings. The maximum atomic E-state index is 12.1. The Morgan fingerprint density at radius 1 is 0.733 bits per heavy atom. The van der Waals surface area contributed by atoms with Gasteiger partial charge in [-0.05, 0) is 0 Å². The van der Waals surface area contributed by atoms with Crippen molar-refractivity contribution in [2.75, 3.05) is 60.0 Å². The van der Waals surface area contributed by atoms with Gasteiger partial charge in [-0.15, -0.1) is 0 Å². The SMILES string of the molecule is COCCOCCOCC(=O)N[C@@H](CO)C(=O)N[C@@H](CO)C(=O)N[C@@H](CO)C(=O)O. The van der Waals surface area contributed by atoms with Gasteiger partial charge in [-0.25, -0.2) is 4.79 Å². The number of aliphatic hydroxyl groups excluding tert-OH is 3. The van der Waals surface area contributed by atoms with Gasteiger partial charge >= 0.3 is 5.97 Å². The van der Waals surface area contributed by atoms with Crippen molar-refractivity contribution < 1.29 is 53.8 Å². The summed E-state index contributed by atoms with van der Waals surface area (Å²) in [5.74, 6) is -4.32. The molecular weight excluding hydrogens is 410 g/mol. The van der Waals surface area contributed by atoms with E-state index in [0.29, 0.717) is 13.2 Å². The van der Waals surface area contributed by atoms with Crippen molar-refractivity contribution in [3.05, 3.63) is 0 Å². The number of amides is 3. The van der Waals surface area contributed by atoms with E-state index in [9.17, 15) is 29.4 Å². The first-order valence-corrected chi connectivity index (χ1v) is 8.90. The van der Waals surface area contributed by atoms with Crippen LogP contribution in [0.5, 0.6) is 0 Å². The van der Waals surface area contributed by atoms with Gasteiger partial charge in [0.05, 0.1) is 46.2 Å². The molecule has 0 aromatic carbocycles. The highest BCUT2D eigenvalue weighted by Gasteiger charge is 2.28. The summed E-state index contributed by atoms with van der Waals surface area (Å²) < 4.78 is 15.0. The molecule has 0 aromatic rings. The smallest absolute Gasteiger partial charge is 0.328 e. The third kappa shape index (κ3) is 11.6. The van der Waals surface area contributed by atoms with Crippen LogP contribution in [0.4, 0.5) is 0 Å². The Balaban J connectivity index is 4.47. The molecule has 3 amide bonds. The van der Waals surface area contributed by atoms with Crippen molar-refractivity contribution >= 4 is 23.7 Å². The van der Waals surface area contributed by atoms with Crippen LogP contribution in [-0.2, 0) is 33.4 Å². The van der Waals surface area contributed by atoms with Crippen LogP contribution >= 0.6 is 0 Å². The quantitative estimate of drug-likeness (QED) is 0.107. The van der Waals surface area contributed by atoms with Crippen molar-refractivity contribution in [2.24, 2.45) is 0 Å². The number of carbonyl (C=O) groups excluding carboxylic acids is 3. The van der Waals surface area contributed by atoms with Crippen molar-refractivity contribution in [1.29, 1.82) is 0 Å². The van der Waals surface area contributed by atoms with Crippen LogP contribution in [0.3, 0.4) is 0 Å². The van der Waals surface area contributed by atoms with Crippen LogP contribution in [0.1, 0.15) is 0 Å². The molecule has 0 spiro atoms. The average molecular weight is 439 g/mol. The molecule has 0 aliphatic carbocycles. The molecule has 0 unspecified atom stereocenters. The maximum Gasteiger partial charge on any atom is 0.328 e. The number of carboxylic acid groups (broad SMARTS) is 1. The fraction of sp³-hybridized carbons (Fsp3) is 0.750. The minimum absolute atomic E-state index is 0.107. The van der Waals surface area contributed by atoms with Crippen LogP contribution in [0.25, 0.3) is 0 Å². The fourth-order valence-electron chi connectivity index (χ4n) is 1.88. The second-order valence-electron chi connectivity index (χ2n) is 5.79. The van der Waals surface area contributed by atoms with Crippen LogP contribution in [-0.4, -0.2) is 122 Å².